The van der Waals surface area contributed by atoms with E-state index in [-0.39, 0.29) is 16.8 Å². The quantitative estimate of drug-likeness (QED) is 0.540. The van der Waals surface area contributed by atoms with Crippen LogP contribution in [0.5, 0.6) is 0 Å². The van der Waals surface area contributed by atoms with E-state index in [4.69, 9.17) is 4.74 Å². The average molecular weight is 349 g/mol. The van der Waals surface area contributed by atoms with Crippen molar-refractivity contribution in [3.8, 4) is 0 Å². The second-order valence-electron chi connectivity index (χ2n) is 9.06. The van der Waals surface area contributed by atoms with E-state index in [0.29, 0.717) is 18.4 Å². The van der Waals surface area contributed by atoms with Gasteiger partial charge in [-0.2, -0.15) is 0 Å². The fourth-order valence-electron chi connectivity index (χ4n) is 5.23. The van der Waals surface area contributed by atoms with Crippen LogP contribution in [0.25, 0.3) is 0 Å². The Balaban J connectivity index is 2.26. The van der Waals surface area contributed by atoms with Crippen LogP contribution in [0.15, 0.2) is 24.3 Å². The molecule has 0 radical (unpaired) electrons. The first-order valence-corrected chi connectivity index (χ1v) is 9.74. The maximum Gasteiger partial charge on any atom is 0.302 e. The molecule has 2 rings (SSSR count). The predicted octanol–water partition coefficient (Wildman–Crippen LogP) is 5.05. The summed E-state index contributed by atoms with van der Waals surface area (Å²) in [5, 5.41) is 10.4. The molecule has 0 aliphatic heterocycles. The van der Waals surface area contributed by atoms with Gasteiger partial charge in [0, 0.05) is 6.92 Å². The van der Waals surface area contributed by atoms with Gasteiger partial charge >= 0.3 is 5.97 Å². The van der Waals surface area contributed by atoms with Gasteiger partial charge in [-0.3, -0.25) is 4.79 Å². The average Bonchev–Trinajstić information content (AvgIpc) is 2.55. The molecule has 0 aromatic carbocycles. The summed E-state index contributed by atoms with van der Waals surface area (Å²) in [5.41, 5.74) is 0.763. The summed E-state index contributed by atoms with van der Waals surface area (Å²) in [5.74, 6) is 0.972. The van der Waals surface area contributed by atoms with Crippen LogP contribution in [0, 0.1) is 22.7 Å². The molecule has 0 saturated heterocycles. The summed E-state index contributed by atoms with van der Waals surface area (Å²) < 4.78 is 5.36. The van der Waals surface area contributed by atoms with Gasteiger partial charge in [0.05, 0.1) is 5.60 Å². The largest absolute Gasteiger partial charge is 0.461 e. The number of aliphatic hydroxyl groups is 1. The molecule has 0 unspecified atom stereocenters. The summed E-state index contributed by atoms with van der Waals surface area (Å²) in [4.78, 5) is 11.3. The highest BCUT2D eigenvalue weighted by atomic mass is 16.5. The molecule has 5 atom stereocenters. The van der Waals surface area contributed by atoms with Crippen molar-refractivity contribution in [2.75, 3.05) is 6.61 Å². The molecule has 0 heterocycles. The Kier molecular flexibility index (Phi) is 5.88. The molecule has 3 heteroatoms. The minimum atomic E-state index is -0.804. The Morgan fingerprint density at radius 3 is 2.76 bits per heavy atom. The molecule has 0 aromatic heterocycles. The maximum absolute atomic E-state index is 11.3. The van der Waals surface area contributed by atoms with E-state index in [1.807, 2.05) is 6.92 Å². The number of carbonyl (C=O) groups excluding carboxylic acids is 1. The Morgan fingerprint density at radius 1 is 1.48 bits per heavy atom. The van der Waals surface area contributed by atoms with E-state index in [0.717, 1.165) is 25.7 Å². The molecule has 0 bridgehead atoms. The molecule has 3 nitrogen and oxygen atoms in total. The molecular formula is C22H36O3. The molecule has 25 heavy (non-hydrogen) atoms. The summed E-state index contributed by atoms with van der Waals surface area (Å²) in [6, 6.07) is 0. The lowest BCUT2D eigenvalue weighted by Crippen LogP contribution is -2.51. The first-order valence-electron chi connectivity index (χ1n) is 9.74. The fraction of sp³-hybridized carbons (Fsp3) is 0.773. The monoisotopic (exact) mass is 348 g/mol. The van der Waals surface area contributed by atoms with Gasteiger partial charge in [-0.25, -0.2) is 0 Å². The smallest absolute Gasteiger partial charge is 0.302 e. The van der Waals surface area contributed by atoms with Crippen molar-refractivity contribution >= 4 is 5.97 Å². The van der Waals surface area contributed by atoms with Crippen LogP contribution in [0.2, 0.25) is 0 Å². The first kappa shape index (κ1) is 20.2. The lowest BCUT2D eigenvalue weighted by atomic mass is 9.46. The molecule has 1 fully saturated rings. The Bertz CT molecular complexity index is 547. The number of carbonyl (C=O) groups is 1. The van der Waals surface area contributed by atoms with Crippen molar-refractivity contribution in [3.05, 3.63) is 24.3 Å². The maximum atomic E-state index is 11.3. The van der Waals surface area contributed by atoms with Crippen LogP contribution in [-0.2, 0) is 9.53 Å². The molecule has 142 valence electrons. The third-order valence-corrected chi connectivity index (χ3v) is 7.41. The minimum absolute atomic E-state index is 0.0923. The van der Waals surface area contributed by atoms with Crippen LogP contribution in [0.1, 0.15) is 73.1 Å². The van der Waals surface area contributed by atoms with Gasteiger partial charge in [-0.05, 0) is 73.7 Å². The number of esters is 1. The Hall–Kier alpha value is -1.09. The van der Waals surface area contributed by atoms with Gasteiger partial charge in [0.15, 0.2) is 0 Å². The van der Waals surface area contributed by atoms with Gasteiger partial charge in [-0.1, -0.05) is 32.9 Å². The molecule has 0 amide bonds. The fourth-order valence-corrected chi connectivity index (χ4v) is 5.23. The lowest BCUT2D eigenvalue weighted by molar-refractivity contribution is -0.141. The predicted molar refractivity (Wildman–Crippen MR) is 102 cm³/mol. The van der Waals surface area contributed by atoms with Crippen LogP contribution < -0.4 is 0 Å². The van der Waals surface area contributed by atoms with E-state index >= 15 is 0 Å². The number of allylic oxidation sites excluding steroid dienone is 1. The zero-order valence-electron chi connectivity index (χ0n) is 16.7. The van der Waals surface area contributed by atoms with Gasteiger partial charge in [0.2, 0.25) is 0 Å². The van der Waals surface area contributed by atoms with E-state index in [1.54, 1.807) is 6.08 Å². The van der Waals surface area contributed by atoms with E-state index in [1.165, 1.54) is 25.3 Å². The Morgan fingerprint density at radius 2 is 2.16 bits per heavy atom. The highest BCUT2D eigenvalue weighted by Gasteiger charge is 2.54. The second kappa shape index (κ2) is 7.26. The summed E-state index contributed by atoms with van der Waals surface area (Å²) in [7, 11) is 0. The van der Waals surface area contributed by atoms with Gasteiger partial charge < -0.3 is 9.84 Å². The molecular weight excluding hydrogens is 312 g/mol. The third kappa shape index (κ3) is 4.02. The van der Waals surface area contributed by atoms with E-state index < -0.39 is 5.60 Å². The highest BCUT2D eigenvalue weighted by Crippen LogP contribution is 2.62. The zero-order chi connectivity index (χ0) is 18.9. The van der Waals surface area contributed by atoms with Crippen molar-refractivity contribution in [1.82, 2.24) is 0 Å². The van der Waals surface area contributed by atoms with Crippen molar-refractivity contribution in [2.45, 2.75) is 78.7 Å². The molecule has 0 aromatic rings. The Labute approximate surface area is 153 Å². The minimum Gasteiger partial charge on any atom is -0.461 e. The highest BCUT2D eigenvalue weighted by molar-refractivity contribution is 5.66. The number of ether oxygens (including phenoxy) is 1. The van der Waals surface area contributed by atoms with Crippen LogP contribution >= 0.6 is 0 Å². The molecule has 1 N–H and O–H groups in total. The van der Waals surface area contributed by atoms with Crippen molar-refractivity contribution < 1.29 is 14.6 Å². The number of hydrogen-bond acceptors (Lipinski definition) is 3. The summed E-state index contributed by atoms with van der Waals surface area (Å²) in [6.07, 6.45) is 10.3. The van der Waals surface area contributed by atoms with Gasteiger partial charge in [0.25, 0.3) is 0 Å². The van der Waals surface area contributed by atoms with Crippen molar-refractivity contribution in [3.63, 3.8) is 0 Å². The first-order chi connectivity index (χ1) is 11.5. The summed E-state index contributed by atoms with van der Waals surface area (Å²) in [6.45, 7) is 14.7. The number of fused-ring (bicyclic) bond motifs is 1. The third-order valence-electron chi connectivity index (χ3n) is 7.41. The SMILES string of the molecule is C=C[C@@](C)(O)CC[C@@]1(C)[C@H](C)CC[C@]2(C)C(COC(C)=O)=CCC[C@H]12. The number of rotatable bonds is 6. The van der Waals surface area contributed by atoms with Crippen LogP contribution in [0.3, 0.4) is 0 Å². The molecule has 0 spiro atoms. The summed E-state index contributed by atoms with van der Waals surface area (Å²) >= 11 is 0. The van der Waals surface area contributed by atoms with Gasteiger partial charge in [0.1, 0.15) is 6.61 Å². The van der Waals surface area contributed by atoms with Gasteiger partial charge in [-0.15, -0.1) is 6.58 Å². The van der Waals surface area contributed by atoms with E-state index in [9.17, 15) is 9.90 Å². The number of hydrogen-bond donors (Lipinski definition) is 1. The van der Waals surface area contributed by atoms with Crippen molar-refractivity contribution in [2.24, 2.45) is 22.7 Å². The topological polar surface area (TPSA) is 46.5 Å². The van der Waals surface area contributed by atoms with Crippen LogP contribution in [0.4, 0.5) is 0 Å². The molecule has 1 saturated carbocycles. The molecule has 2 aliphatic rings. The molecule has 2 aliphatic carbocycles. The van der Waals surface area contributed by atoms with Crippen molar-refractivity contribution in [1.29, 1.82) is 0 Å². The normalized spacial score (nSPS) is 37.4. The standard InChI is InChI=1S/C22H36O3/c1-7-20(4,24)13-14-21(5)16(2)11-12-22(6)18(15-25-17(3)23)9-8-10-19(21)22/h7,9,16,19,24H,1,8,10-15H2,2-6H3/t16-,19-,20-,21+,22-/m1/s1. The van der Waals surface area contributed by atoms with E-state index in [2.05, 4.69) is 33.4 Å². The van der Waals surface area contributed by atoms with Crippen LogP contribution in [-0.4, -0.2) is 23.3 Å². The zero-order valence-corrected chi connectivity index (χ0v) is 16.7. The second-order valence-corrected chi connectivity index (χ2v) is 9.06. The lowest BCUT2D eigenvalue weighted by Gasteiger charge is -2.58.